The van der Waals surface area contributed by atoms with Crippen LogP contribution in [0.3, 0.4) is 0 Å². The largest absolute Gasteiger partial charge is 0.458 e. The summed E-state index contributed by atoms with van der Waals surface area (Å²) in [6, 6.07) is 0. The van der Waals surface area contributed by atoms with Gasteiger partial charge in [-0.25, -0.2) is 9.59 Å². The molecule has 1 rings (SSSR count). The van der Waals surface area contributed by atoms with E-state index in [0.717, 1.165) is 16.7 Å². The Hall–Kier alpha value is -3.69. The van der Waals surface area contributed by atoms with Gasteiger partial charge in [0.15, 0.2) is 0 Å². The van der Waals surface area contributed by atoms with Crippen LogP contribution in [0.15, 0.2) is 83.7 Å². The standard InChI is InChI=1S/C33H48N2O7/c1-23(2)20-31(38)35-19-18-25(4)21-26(5)30-22-24(3)12-8-6-10-14-29(42-33(34)40)28(37)17-16-27(36)13-9-7-11-15-32(39)41-30/h6,8,11-12,15-21,26-30,36-37H,7,9-10,13-14,22H2,1-5H3,(H2,34,40)(H,35,38)/t26-,27-,28-,29-,30?/m1/s1. The van der Waals surface area contributed by atoms with Crippen molar-refractivity contribution in [3.8, 4) is 0 Å². The number of allylic oxidation sites excluding steroid dienone is 7. The third-order valence-corrected chi connectivity index (χ3v) is 6.33. The highest BCUT2D eigenvalue weighted by Crippen LogP contribution is 2.21. The Labute approximate surface area is 250 Å². The van der Waals surface area contributed by atoms with Crippen LogP contribution in [-0.4, -0.2) is 52.6 Å². The van der Waals surface area contributed by atoms with E-state index in [-0.39, 0.29) is 11.8 Å². The van der Waals surface area contributed by atoms with Gasteiger partial charge >= 0.3 is 12.1 Å². The van der Waals surface area contributed by atoms with E-state index in [9.17, 15) is 24.6 Å². The maximum absolute atomic E-state index is 12.6. The van der Waals surface area contributed by atoms with E-state index in [0.29, 0.717) is 38.5 Å². The molecule has 5 N–H and O–H groups in total. The summed E-state index contributed by atoms with van der Waals surface area (Å²) in [7, 11) is 0. The summed E-state index contributed by atoms with van der Waals surface area (Å²) in [4.78, 5) is 35.8. The Bertz CT molecular complexity index is 1090. The molecule has 0 bridgehead atoms. The van der Waals surface area contributed by atoms with Gasteiger partial charge < -0.3 is 30.7 Å². The van der Waals surface area contributed by atoms with Crippen LogP contribution < -0.4 is 11.1 Å². The number of hydrogen-bond acceptors (Lipinski definition) is 7. The smallest absolute Gasteiger partial charge is 0.404 e. The number of esters is 1. The third-order valence-electron chi connectivity index (χ3n) is 6.33. The lowest BCUT2D eigenvalue weighted by molar-refractivity contribution is -0.144. The number of rotatable bonds is 6. The van der Waals surface area contributed by atoms with Gasteiger partial charge in [0.2, 0.25) is 5.91 Å². The lowest BCUT2D eigenvalue weighted by Gasteiger charge is -2.22. The molecular weight excluding hydrogens is 536 g/mol. The van der Waals surface area contributed by atoms with Crippen molar-refractivity contribution in [2.75, 3.05) is 0 Å². The van der Waals surface area contributed by atoms with Crippen LogP contribution in [0.2, 0.25) is 0 Å². The second-order valence-corrected chi connectivity index (χ2v) is 10.8. The summed E-state index contributed by atoms with van der Waals surface area (Å²) in [5.41, 5.74) is 7.98. The molecule has 0 aromatic heterocycles. The Morgan fingerprint density at radius 1 is 1.14 bits per heavy atom. The molecule has 0 aromatic rings. The summed E-state index contributed by atoms with van der Waals surface area (Å²) in [6.07, 6.45) is 17.3. The Balaban J connectivity index is 3.09. The van der Waals surface area contributed by atoms with Crippen molar-refractivity contribution in [3.63, 3.8) is 0 Å². The molecule has 9 nitrogen and oxygen atoms in total. The molecule has 0 fully saturated rings. The van der Waals surface area contributed by atoms with E-state index in [2.05, 4.69) is 5.32 Å². The van der Waals surface area contributed by atoms with Gasteiger partial charge in [0.05, 0.1) is 6.10 Å². The Morgan fingerprint density at radius 2 is 1.88 bits per heavy atom. The molecule has 1 heterocycles. The molecule has 0 aliphatic carbocycles. The van der Waals surface area contributed by atoms with Crippen molar-refractivity contribution >= 4 is 18.0 Å². The Morgan fingerprint density at radius 3 is 2.57 bits per heavy atom. The van der Waals surface area contributed by atoms with Crippen LogP contribution in [0.1, 0.15) is 73.1 Å². The first-order valence-corrected chi connectivity index (χ1v) is 14.4. The average molecular weight is 585 g/mol. The van der Waals surface area contributed by atoms with Crippen LogP contribution in [0.5, 0.6) is 0 Å². The molecule has 5 atom stereocenters. The minimum absolute atomic E-state index is 0.124. The SMILES string of the molecule is CC(C)=CC(=O)NC=CC(C)=C[C@@H](C)C1CC(C)=CC=CCC[C@@H](OC(N)=O)[C@H](O)C=C[C@H](O)CCCC=CC(=O)O1. The zero-order chi connectivity index (χ0) is 31.5. The second-order valence-electron chi connectivity index (χ2n) is 10.8. The van der Waals surface area contributed by atoms with Gasteiger partial charge in [0, 0.05) is 30.7 Å². The number of nitrogens with one attached hydrogen (secondary N) is 1. The van der Waals surface area contributed by atoms with Crippen molar-refractivity contribution in [2.24, 2.45) is 11.7 Å². The zero-order valence-corrected chi connectivity index (χ0v) is 25.5. The quantitative estimate of drug-likeness (QED) is 0.145. The molecule has 42 heavy (non-hydrogen) atoms. The molecule has 0 saturated heterocycles. The highest BCUT2D eigenvalue weighted by Gasteiger charge is 2.21. The normalized spacial score (nSPS) is 24.3. The molecule has 232 valence electrons. The maximum Gasteiger partial charge on any atom is 0.404 e. The van der Waals surface area contributed by atoms with Crippen molar-refractivity contribution < 1.29 is 34.1 Å². The molecular formula is C33H48N2O7. The first kappa shape index (κ1) is 36.3. The summed E-state index contributed by atoms with van der Waals surface area (Å²) in [5, 5.41) is 23.4. The van der Waals surface area contributed by atoms with E-state index in [1.807, 2.05) is 58.9 Å². The molecule has 1 aliphatic heterocycles. The van der Waals surface area contributed by atoms with Gasteiger partial charge in [-0.3, -0.25) is 4.79 Å². The molecule has 0 spiro atoms. The first-order chi connectivity index (χ1) is 19.9. The predicted octanol–water partition coefficient (Wildman–Crippen LogP) is 5.23. The third kappa shape index (κ3) is 17.2. The maximum atomic E-state index is 12.6. The van der Waals surface area contributed by atoms with E-state index >= 15 is 0 Å². The minimum atomic E-state index is -1.11. The minimum Gasteiger partial charge on any atom is -0.458 e. The van der Waals surface area contributed by atoms with Crippen molar-refractivity contribution in [1.82, 2.24) is 5.32 Å². The van der Waals surface area contributed by atoms with Gasteiger partial charge in [-0.05, 0) is 65.9 Å². The lowest BCUT2D eigenvalue weighted by Crippen LogP contribution is -2.32. The van der Waals surface area contributed by atoms with Gasteiger partial charge in [-0.15, -0.1) is 0 Å². The number of carbonyl (C=O) groups is 3. The summed E-state index contributed by atoms with van der Waals surface area (Å²) >= 11 is 0. The number of cyclic esters (lactones) is 1. The summed E-state index contributed by atoms with van der Waals surface area (Å²) < 4.78 is 10.9. The number of nitrogens with two attached hydrogens (primary N) is 1. The van der Waals surface area contributed by atoms with Crippen molar-refractivity contribution in [3.05, 3.63) is 83.7 Å². The van der Waals surface area contributed by atoms with E-state index < -0.39 is 36.5 Å². The highest BCUT2D eigenvalue weighted by molar-refractivity contribution is 5.88. The number of amides is 2. The fraction of sp³-hybridized carbons (Fsp3) is 0.485. The number of hydrogen-bond donors (Lipinski definition) is 4. The number of aliphatic hydroxyl groups excluding tert-OH is 2. The molecule has 1 aliphatic rings. The average Bonchev–Trinajstić information content (AvgIpc) is 2.89. The number of carbonyl (C=O) groups excluding carboxylic acids is 3. The fourth-order valence-corrected chi connectivity index (χ4v) is 4.17. The molecule has 2 amide bonds. The van der Waals surface area contributed by atoms with Crippen LogP contribution >= 0.6 is 0 Å². The lowest BCUT2D eigenvalue weighted by atomic mass is 9.95. The first-order valence-electron chi connectivity index (χ1n) is 14.4. The van der Waals surface area contributed by atoms with Crippen molar-refractivity contribution in [2.45, 2.75) is 97.6 Å². The number of ether oxygens (including phenoxy) is 2. The molecule has 0 aromatic carbocycles. The summed E-state index contributed by atoms with van der Waals surface area (Å²) in [5.74, 6) is -0.764. The van der Waals surface area contributed by atoms with Crippen LogP contribution in [0.25, 0.3) is 0 Å². The number of aliphatic hydroxyl groups is 2. The topological polar surface area (TPSA) is 148 Å². The predicted molar refractivity (Wildman–Crippen MR) is 165 cm³/mol. The van der Waals surface area contributed by atoms with Gasteiger partial charge in [0.1, 0.15) is 18.3 Å². The zero-order valence-electron chi connectivity index (χ0n) is 25.5. The van der Waals surface area contributed by atoms with E-state index in [4.69, 9.17) is 15.2 Å². The summed E-state index contributed by atoms with van der Waals surface area (Å²) in [6.45, 7) is 9.54. The molecule has 0 saturated carbocycles. The van der Waals surface area contributed by atoms with Gasteiger partial charge in [-0.2, -0.15) is 0 Å². The van der Waals surface area contributed by atoms with Gasteiger partial charge in [0.25, 0.3) is 0 Å². The number of primary amides is 1. The fourth-order valence-electron chi connectivity index (χ4n) is 4.17. The van der Waals surface area contributed by atoms with Crippen LogP contribution in [-0.2, 0) is 19.1 Å². The second kappa shape index (κ2) is 20.2. The molecule has 1 unspecified atom stereocenters. The molecule has 0 radical (unpaired) electrons. The Kier molecular flexibility index (Phi) is 17.5. The van der Waals surface area contributed by atoms with Crippen molar-refractivity contribution in [1.29, 1.82) is 0 Å². The van der Waals surface area contributed by atoms with Gasteiger partial charge in [-0.1, -0.05) is 66.2 Å². The van der Waals surface area contributed by atoms with Crippen LogP contribution in [0, 0.1) is 5.92 Å². The monoisotopic (exact) mass is 584 g/mol. The van der Waals surface area contributed by atoms with E-state index in [1.165, 1.54) is 24.3 Å². The van der Waals surface area contributed by atoms with E-state index in [1.54, 1.807) is 18.4 Å². The van der Waals surface area contributed by atoms with Crippen LogP contribution in [0.4, 0.5) is 4.79 Å². The highest BCUT2D eigenvalue weighted by atomic mass is 16.6. The molecule has 9 heteroatoms.